The fourth-order valence-electron chi connectivity index (χ4n) is 3.04. The van der Waals surface area contributed by atoms with Crippen LogP contribution in [0.4, 0.5) is 0 Å². The maximum absolute atomic E-state index is 4.89. The second-order valence-electron chi connectivity index (χ2n) is 6.70. The van der Waals surface area contributed by atoms with Crippen molar-refractivity contribution < 1.29 is 0 Å². The molecule has 128 valence electrons. The maximum atomic E-state index is 4.89. The van der Waals surface area contributed by atoms with Crippen LogP contribution in [0.5, 0.6) is 0 Å². The molecule has 2 unspecified atom stereocenters. The fraction of sp³-hybridized carbons (Fsp3) is 0.455. The highest BCUT2D eigenvalue weighted by molar-refractivity contribution is 5.99. The second-order valence-corrected chi connectivity index (χ2v) is 6.70. The van der Waals surface area contributed by atoms with E-state index in [0.717, 1.165) is 18.7 Å². The Bertz CT molecular complexity index is 688. The number of pyridine rings is 1. The van der Waals surface area contributed by atoms with Gasteiger partial charge in [0.1, 0.15) is 0 Å². The summed E-state index contributed by atoms with van der Waals surface area (Å²) in [7, 11) is 0. The minimum absolute atomic E-state index is 0.478. The molecule has 0 N–H and O–H groups in total. The number of hydrogen-bond donors (Lipinski definition) is 0. The number of hydrogen-bond acceptors (Lipinski definition) is 2. The van der Waals surface area contributed by atoms with Crippen molar-refractivity contribution in [3.05, 3.63) is 65.0 Å². The first-order valence-electron chi connectivity index (χ1n) is 9.08. The highest BCUT2D eigenvalue weighted by Gasteiger charge is 2.12. The van der Waals surface area contributed by atoms with Gasteiger partial charge in [-0.25, -0.2) is 0 Å². The molecule has 0 saturated carbocycles. The molecule has 24 heavy (non-hydrogen) atoms. The van der Waals surface area contributed by atoms with Crippen LogP contribution in [-0.4, -0.2) is 17.2 Å². The molecule has 0 aliphatic rings. The first-order valence-corrected chi connectivity index (χ1v) is 9.08. The van der Waals surface area contributed by atoms with Crippen LogP contribution in [0.2, 0.25) is 0 Å². The van der Waals surface area contributed by atoms with Crippen LogP contribution in [0.1, 0.15) is 74.6 Å². The van der Waals surface area contributed by atoms with Crippen LogP contribution >= 0.6 is 0 Å². The topological polar surface area (TPSA) is 25.2 Å². The molecule has 2 nitrogen and oxygen atoms in total. The van der Waals surface area contributed by atoms with Gasteiger partial charge >= 0.3 is 0 Å². The van der Waals surface area contributed by atoms with Gasteiger partial charge in [-0.05, 0) is 55.4 Å². The first-order chi connectivity index (χ1) is 11.6. The van der Waals surface area contributed by atoms with Gasteiger partial charge in [-0.15, -0.1) is 0 Å². The van der Waals surface area contributed by atoms with Crippen LogP contribution in [0.3, 0.4) is 0 Å². The first kappa shape index (κ1) is 18.4. The van der Waals surface area contributed by atoms with E-state index in [9.17, 15) is 0 Å². The molecule has 1 aromatic heterocycles. The zero-order chi connectivity index (χ0) is 17.5. The number of benzene rings is 1. The standard InChI is InChI=1S/C22H30N2/c1-6-16(3)20-9-8-10-21(13-20)19(7-2)15-24-18(5)22-11-12-23-14-17(22)4/h8-14,16,19H,6-7,15H2,1-5H3. The average molecular weight is 322 g/mol. The summed E-state index contributed by atoms with van der Waals surface area (Å²) in [4.78, 5) is 9.05. The van der Waals surface area contributed by atoms with Crippen LogP contribution in [0, 0.1) is 6.92 Å². The fourth-order valence-corrected chi connectivity index (χ4v) is 3.04. The van der Waals surface area contributed by atoms with E-state index in [1.807, 2.05) is 12.4 Å². The molecular weight excluding hydrogens is 292 g/mol. The number of rotatable bonds is 7. The van der Waals surface area contributed by atoms with Crippen molar-refractivity contribution in [1.29, 1.82) is 0 Å². The highest BCUT2D eigenvalue weighted by Crippen LogP contribution is 2.26. The smallest absolute Gasteiger partial charge is 0.0461 e. The highest BCUT2D eigenvalue weighted by atomic mass is 14.7. The Morgan fingerprint density at radius 3 is 2.54 bits per heavy atom. The molecule has 0 aliphatic heterocycles. The Hall–Kier alpha value is -1.96. The third-order valence-electron chi connectivity index (χ3n) is 5.02. The second kappa shape index (κ2) is 8.77. The van der Waals surface area contributed by atoms with E-state index in [-0.39, 0.29) is 0 Å². The normalized spacial score (nSPS) is 14.5. The summed E-state index contributed by atoms with van der Waals surface area (Å²) in [5, 5.41) is 0. The molecule has 0 bridgehead atoms. The van der Waals surface area contributed by atoms with E-state index in [1.165, 1.54) is 28.7 Å². The summed E-state index contributed by atoms with van der Waals surface area (Å²) in [5.74, 6) is 1.10. The van der Waals surface area contributed by atoms with Crippen molar-refractivity contribution in [2.45, 2.75) is 59.3 Å². The zero-order valence-electron chi connectivity index (χ0n) is 15.7. The quantitative estimate of drug-likeness (QED) is 0.582. The van der Waals surface area contributed by atoms with Crippen molar-refractivity contribution in [3.8, 4) is 0 Å². The molecule has 2 aromatic rings. The monoisotopic (exact) mass is 322 g/mol. The third kappa shape index (κ3) is 4.53. The Morgan fingerprint density at radius 2 is 1.88 bits per heavy atom. The van der Waals surface area contributed by atoms with Crippen molar-refractivity contribution in [1.82, 2.24) is 4.98 Å². The Kier molecular flexibility index (Phi) is 6.72. The van der Waals surface area contributed by atoms with Crippen LogP contribution in [0.15, 0.2) is 47.7 Å². The molecule has 2 rings (SSSR count). The van der Waals surface area contributed by atoms with Gasteiger partial charge in [0.25, 0.3) is 0 Å². The van der Waals surface area contributed by atoms with Crippen molar-refractivity contribution in [2.24, 2.45) is 4.99 Å². The number of aromatic nitrogens is 1. The minimum atomic E-state index is 0.478. The Morgan fingerprint density at radius 1 is 1.12 bits per heavy atom. The lowest BCUT2D eigenvalue weighted by molar-refractivity contribution is 0.669. The summed E-state index contributed by atoms with van der Waals surface area (Å²) in [6.45, 7) is 11.8. The third-order valence-corrected chi connectivity index (χ3v) is 5.02. The molecule has 2 atom stereocenters. The Labute approximate surface area is 147 Å². The minimum Gasteiger partial charge on any atom is -0.289 e. The molecule has 0 fully saturated rings. The van der Waals surface area contributed by atoms with E-state index >= 15 is 0 Å². The van der Waals surface area contributed by atoms with E-state index in [2.05, 4.69) is 69.9 Å². The lowest BCUT2D eigenvalue weighted by Gasteiger charge is -2.17. The van der Waals surface area contributed by atoms with Gasteiger partial charge in [-0.1, -0.05) is 45.0 Å². The van der Waals surface area contributed by atoms with Gasteiger partial charge in [0.05, 0.1) is 0 Å². The van der Waals surface area contributed by atoms with Gasteiger partial charge in [0.15, 0.2) is 0 Å². The number of aryl methyl sites for hydroxylation is 1. The van der Waals surface area contributed by atoms with Crippen LogP contribution in [0.25, 0.3) is 0 Å². The summed E-state index contributed by atoms with van der Waals surface area (Å²) in [5.41, 5.74) is 6.35. The van der Waals surface area contributed by atoms with Gasteiger partial charge < -0.3 is 0 Å². The summed E-state index contributed by atoms with van der Waals surface area (Å²) >= 11 is 0. The maximum Gasteiger partial charge on any atom is 0.0461 e. The molecule has 0 aliphatic carbocycles. The molecule has 1 aromatic carbocycles. The van der Waals surface area contributed by atoms with Gasteiger partial charge in [0, 0.05) is 36.1 Å². The van der Waals surface area contributed by atoms with Crippen LogP contribution in [-0.2, 0) is 0 Å². The summed E-state index contributed by atoms with van der Waals surface area (Å²) in [6, 6.07) is 11.1. The number of nitrogens with zero attached hydrogens (tertiary/aromatic N) is 2. The van der Waals surface area contributed by atoms with E-state index in [1.54, 1.807) is 0 Å². The predicted octanol–water partition coefficient (Wildman–Crippen LogP) is 5.91. The van der Waals surface area contributed by atoms with Crippen molar-refractivity contribution in [3.63, 3.8) is 0 Å². The molecule has 0 amide bonds. The predicted molar refractivity (Wildman–Crippen MR) is 104 cm³/mol. The summed E-state index contributed by atoms with van der Waals surface area (Å²) < 4.78 is 0. The summed E-state index contributed by atoms with van der Waals surface area (Å²) in [6.07, 6.45) is 6.03. The lowest BCUT2D eigenvalue weighted by Crippen LogP contribution is -2.06. The van der Waals surface area contributed by atoms with Gasteiger partial charge in [-0.3, -0.25) is 9.98 Å². The SMILES string of the molecule is CCC(C)c1cccc(C(CC)CN=C(C)c2ccncc2C)c1. The van der Waals surface area contributed by atoms with Gasteiger partial charge in [-0.2, -0.15) is 0 Å². The molecule has 0 saturated heterocycles. The zero-order valence-corrected chi connectivity index (χ0v) is 15.7. The van der Waals surface area contributed by atoms with Gasteiger partial charge in [0.2, 0.25) is 0 Å². The van der Waals surface area contributed by atoms with E-state index in [0.29, 0.717) is 11.8 Å². The van der Waals surface area contributed by atoms with Crippen LogP contribution < -0.4 is 0 Å². The van der Waals surface area contributed by atoms with E-state index in [4.69, 9.17) is 4.99 Å². The molecule has 2 heteroatoms. The molecule has 1 heterocycles. The molecule has 0 spiro atoms. The molecule has 0 radical (unpaired) electrons. The lowest BCUT2D eigenvalue weighted by atomic mass is 9.91. The van der Waals surface area contributed by atoms with Crippen molar-refractivity contribution in [2.75, 3.05) is 6.54 Å². The van der Waals surface area contributed by atoms with E-state index < -0.39 is 0 Å². The largest absolute Gasteiger partial charge is 0.289 e. The molecular formula is C22H30N2. The Balaban J connectivity index is 2.18. The number of aliphatic imine (C=N–C) groups is 1. The van der Waals surface area contributed by atoms with Crippen molar-refractivity contribution >= 4 is 5.71 Å². The average Bonchev–Trinajstić information content (AvgIpc) is 2.62.